The van der Waals surface area contributed by atoms with E-state index in [0.29, 0.717) is 12.5 Å². The van der Waals surface area contributed by atoms with Gasteiger partial charge in [-0.25, -0.2) is 14.4 Å². The number of aliphatic imine (C=N–C) groups is 1. The van der Waals surface area contributed by atoms with Gasteiger partial charge < -0.3 is 10.4 Å². The van der Waals surface area contributed by atoms with Crippen LogP contribution in [0.3, 0.4) is 0 Å². The van der Waals surface area contributed by atoms with Gasteiger partial charge in [0.15, 0.2) is 0 Å². The topological polar surface area (TPSA) is 70.4 Å². The van der Waals surface area contributed by atoms with Crippen molar-refractivity contribution in [2.75, 3.05) is 5.32 Å². The lowest BCUT2D eigenvalue weighted by molar-refractivity contribution is 0.216. The summed E-state index contributed by atoms with van der Waals surface area (Å²) in [5.74, 6) is 0.300. The molecule has 1 aromatic heterocycles. The number of halogens is 1. The highest BCUT2D eigenvalue weighted by Crippen LogP contribution is 2.34. The summed E-state index contributed by atoms with van der Waals surface area (Å²) < 4.78 is 13.7. The van der Waals surface area contributed by atoms with Gasteiger partial charge in [-0.05, 0) is 90.3 Å². The van der Waals surface area contributed by atoms with E-state index in [2.05, 4.69) is 56.7 Å². The Morgan fingerprint density at radius 3 is 1.93 bits per heavy atom. The minimum atomic E-state index is -0.261. The lowest BCUT2D eigenvalue weighted by Crippen LogP contribution is -2.25. The molecule has 0 unspecified atom stereocenters. The second kappa shape index (κ2) is 22.8. The largest absolute Gasteiger partial charge is 0.394 e. The number of aliphatic hydroxyl groups excluding tert-OH is 1. The summed E-state index contributed by atoms with van der Waals surface area (Å²) in [5.41, 5.74) is 6.84. The second-order valence-electron chi connectivity index (χ2n) is 11.6. The maximum atomic E-state index is 13.7. The molecule has 0 aliphatic rings. The van der Waals surface area contributed by atoms with Crippen LogP contribution in [0.25, 0.3) is 11.3 Å². The van der Waals surface area contributed by atoms with Crippen molar-refractivity contribution in [2.45, 2.75) is 114 Å². The molecule has 2 N–H and O–H groups in total. The molecule has 6 heteroatoms. The first-order valence-corrected chi connectivity index (χ1v) is 16.3. The molecule has 0 fully saturated rings. The Morgan fingerprint density at radius 2 is 1.44 bits per heavy atom. The van der Waals surface area contributed by atoms with Gasteiger partial charge in [-0.15, -0.1) is 6.58 Å². The fraction of sp³-hybridized carbons (Fsp3) is 0.462. The van der Waals surface area contributed by atoms with Crippen molar-refractivity contribution in [3.8, 4) is 0 Å². The van der Waals surface area contributed by atoms with E-state index in [9.17, 15) is 4.39 Å². The third kappa shape index (κ3) is 16.9. The van der Waals surface area contributed by atoms with Crippen LogP contribution in [-0.2, 0) is 6.54 Å². The Morgan fingerprint density at radius 1 is 0.933 bits per heavy atom. The van der Waals surface area contributed by atoms with Crippen molar-refractivity contribution >= 4 is 22.9 Å². The van der Waals surface area contributed by atoms with Crippen LogP contribution >= 0.6 is 0 Å². The molecule has 45 heavy (non-hydrogen) atoms. The van der Waals surface area contributed by atoms with Crippen LogP contribution in [0.4, 0.5) is 10.3 Å². The standard InChI is InChI=1S/C30H37FN4.C4H8.C3H8O.C2H6/c1-6-18-30(5,19-7-2)23(4)34-28(25-13-15-26(31)16-14-25)22(3)27-17-20-32-29(35-27)33-21-24-11-9-8-10-12-24;1-4(2)3;1-3(2)4;1-2/h8-17,20H,6-7,18-19,21H2,1-5H3,(H,32,33,35);1H2,2-3H3;3-4H,1-2H3;1-2H3/b28-22+,34-23?;;;. The van der Waals surface area contributed by atoms with Gasteiger partial charge in [-0.3, -0.25) is 4.99 Å². The van der Waals surface area contributed by atoms with Crippen molar-refractivity contribution < 1.29 is 9.50 Å². The Kier molecular flexibility index (Phi) is 21.0. The molecule has 0 radical (unpaired) electrons. The summed E-state index contributed by atoms with van der Waals surface area (Å²) in [7, 11) is 0. The first kappa shape index (κ1) is 41.4. The minimum absolute atomic E-state index is 0.0170. The zero-order valence-electron chi connectivity index (χ0n) is 29.8. The molecule has 0 saturated heterocycles. The van der Waals surface area contributed by atoms with Crippen LogP contribution < -0.4 is 5.32 Å². The molecule has 2 aromatic carbocycles. The first-order chi connectivity index (χ1) is 21.3. The van der Waals surface area contributed by atoms with Gasteiger partial charge in [0.05, 0.1) is 11.4 Å². The summed E-state index contributed by atoms with van der Waals surface area (Å²) in [5, 5.41) is 11.4. The predicted molar refractivity (Wildman–Crippen MR) is 195 cm³/mol. The zero-order valence-corrected chi connectivity index (χ0v) is 29.8. The summed E-state index contributed by atoms with van der Waals surface area (Å²) in [4.78, 5) is 14.3. The number of benzene rings is 2. The van der Waals surface area contributed by atoms with E-state index in [1.54, 1.807) is 32.2 Å². The maximum Gasteiger partial charge on any atom is 0.223 e. The average molecular weight is 619 g/mol. The fourth-order valence-corrected chi connectivity index (χ4v) is 4.42. The molecule has 0 aliphatic carbocycles. The van der Waals surface area contributed by atoms with Gasteiger partial charge in [0.2, 0.25) is 5.95 Å². The molecule has 0 aliphatic heterocycles. The number of aliphatic hydroxyl groups is 1. The third-order valence-corrected chi connectivity index (χ3v) is 6.56. The molecular formula is C39H59FN4O. The van der Waals surface area contributed by atoms with Crippen LogP contribution in [0.1, 0.15) is 119 Å². The van der Waals surface area contributed by atoms with E-state index in [1.807, 2.05) is 58.9 Å². The monoisotopic (exact) mass is 618 g/mol. The normalized spacial score (nSPS) is 11.6. The quantitative estimate of drug-likeness (QED) is 0.166. The Bertz CT molecular complexity index is 1290. The number of allylic oxidation sites excluding steroid dienone is 2. The fourth-order valence-electron chi connectivity index (χ4n) is 4.42. The van der Waals surface area contributed by atoms with Crippen LogP contribution in [0.2, 0.25) is 0 Å². The Labute approximate surface area is 273 Å². The van der Waals surface area contributed by atoms with Gasteiger partial charge in [0.25, 0.3) is 0 Å². The van der Waals surface area contributed by atoms with E-state index < -0.39 is 0 Å². The lowest BCUT2D eigenvalue weighted by Gasteiger charge is -2.29. The highest BCUT2D eigenvalue weighted by molar-refractivity contribution is 5.98. The minimum Gasteiger partial charge on any atom is -0.394 e. The number of anilines is 1. The number of nitrogens with one attached hydrogen (secondary N) is 1. The number of nitrogens with zero attached hydrogens (tertiary/aromatic N) is 3. The van der Waals surface area contributed by atoms with Gasteiger partial charge in [-0.2, -0.15) is 0 Å². The Hall–Kier alpha value is -3.64. The van der Waals surface area contributed by atoms with Crippen LogP contribution in [0.5, 0.6) is 0 Å². The zero-order chi connectivity index (χ0) is 34.4. The molecule has 0 spiro atoms. The molecule has 0 amide bonds. The predicted octanol–water partition coefficient (Wildman–Crippen LogP) is 11.2. The SMILES string of the molecule is C=C(C)C.CC.CC(C)O.CCCC(C)(CCC)C(C)=N/C(=C(\C)c1ccnc(NCc2ccccc2)n1)c1ccc(F)cc1. The Balaban J connectivity index is 0.00000170. The number of hydrogen-bond donors (Lipinski definition) is 2. The molecule has 0 saturated carbocycles. The summed E-state index contributed by atoms with van der Waals surface area (Å²) in [6.07, 6.45) is 5.94. The lowest BCUT2D eigenvalue weighted by atomic mass is 9.77. The molecule has 0 atom stereocenters. The van der Waals surface area contributed by atoms with E-state index >= 15 is 0 Å². The highest BCUT2D eigenvalue weighted by atomic mass is 19.1. The molecule has 3 rings (SSSR count). The van der Waals surface area contributed by atoms with Gasteiger partial charge in [0.1, 0.15) is 5.82 Å². The smallest absolute Gasteiger partial charge is 0.223 e. The van der Waals surface area contributed by atoms with E-state index in [0.717, 1.165) is 59.5 Å². The number of aromatic nitrogens is 2. The van der Waals surface area contributed by atoms with E-state index in [-0.39, 0.29) is 17.3 Å². The summed E-state index contributed by atoms with van der Waals surface area (Å²) >= 11 is 0. The second-order valence-corrected chi connectivity index (χ2v) is 11.6. The van der Waals surface area contributed by atoms with Crippen LogP contribution in [-0.4, -0.2) is 26.9 Å². The van der Waals surface area contributed by atoms with E-state index in [1.165, 1.54) is 17.7 Å². The van der Waals surface area contributed by atoms with Gasteiger partial charge >= 0.3 is 0 Å². The van der Waals surface area contributed by atoms with Gasteiger partial charge in [-0.1, -0.05) is 83.4 Å². The maximum absolute atomic E-state index is 13.7. The number of hydrogen-bond acceptors (Lipinski definition) is 5. The molecule has 1 heterocycles. The molecule has 0 bridgehead atoms. The third-order valence-electron chi connectivity index (χ3n) is 6.56. The summed E-state index contributed by atoms with van der Waals surface area (Å²) in [6.45, 7) is 26.5. The van der Waals surface area contributed by atoms with Crippen LogP contribution in [0, 0.1) is 11.2 Å². The molecule has 248 valence electrons. The first-order valence-electron chi connectivity index (χ1n) is 16.3. The molecular weight excluding hydrogens is 559 g/mol. The van der Waals surface area contributed by atoms with E-state index in [4.69, 9.17) is 15.1 Å². The molecule has 3 aromatic rings. The highest BCUT2D eigenvalue weighted by Gasteiger charge is 2.26. The van der Waals surface area contributed by atoms with Crippen LogP contribution in [0.15, 0.2) is 84.0 Å². The number of rotatable bonds is 11. The van der Waals surface area contributed by atoms with Crippen molar-refractivity contribution in [3.63, 3.8) is 0 Å². The van der Waals surface area contributed by atoms with Crippen molar-refractivity contribution in [1.82, 2.24) is 9.97 Å². The summed E-state index contributed by atoms with van der Waals surface area (Å²) in [6, 6.07) is 18.6. The van der Waals surface area contributed by atoms with Crippen molar-refractivity contribution in [1.29, 1.82) is 0 Å². The average Bonchev–Trinajstić information content (AvgIpc) is 3.00. The van der Waals surface area contributed by atoms with Crippen molar-refractivity contribution in [3.05, 3.63) is 102 Å². The van der Waals surface area contributed by atoms with Gasteiger partial charge in [0, 0.05) is 41.1 Å². The van der Waals surface area contributed by atoms with Crippen molar-refractivity contribution in [2.24, 2.45) is 10.4 Å². The molecule has 5 nitrogen and oxygen atoms in total.